The van der Waals surface area contributed by atoms with Crippen molar-refractivity contribution in [3.05, 3.63) is 0 Å². The van der Waals surface area contributed by atoms with Crippen molar-refractivity contribution in [1.82, 2.24) is 0 Å². The van der Waals surface area contributed by atoms with Crippen molar-refractivity contribution in [2.24, 2.45) is 5.73 Å². The smallest absolute Gasteiger partial charge is 0.550 e. The fourth-order valence-electron chi connectivity index (χ4n) is 0.263. The monoisotopic (exact) mass is 194 g/mol. The number of carbonyl (C=O) groups excluding carboxylic acids is 2. The maximum atomic E-state index is 9.71. The van der Waals surface area contributed by atoms with Gasteiger partial charge in [-0.3, -0.25) is 0 Å². The largest absolute Gasteiger partial charge is 2.00 e. The summed E-state index contributed by atoms with van der Waals surface area (Å²) >= 11 is 0. The molecule has 5 nitrogen and oxygen atoms in total. The van der Waals surface area contributed by atoms with Gasteiger partial charge >= 0.3 is 17.1 Å². The molecule has 0 fully saturated rings. The van der Waals surface area contributed by atoms with Gasteiger partial charge < -0.3 is 25.5 Å². The molecule has 0 aromatic rings. The molecule has 0 aromatic carbocycles. The second-order valence-corrected chi connectivity index (χ2v) is 1.50. The molecule has 0 bridgehead atoms. The minimum Gasteiger partial charge on any atom is -0.550 e. The van der Waals surface area contributed by atoms with Gasteiger partial charge in [0.15, 0.2) is 0 Å². The first-order valence-corrected chi connectivity index (χ1v) is 2.20. The van der Waals surface area contributed by atoms with Gasteiger partial charge in [-0.05, 0) is 0 Å². The van der Waals surface area contributed by atoms with Crippen LogP contribution in [0.5, 0.6) is 0 Å². The molecule has 61 valence electrons. The van der Waals surface area contributed by atoms with Gasteiger partial charge in [-0.1, -0.05) is 0 Å². The Bertz CT molecular complexity index is 137. The molecule has 0 amide bonds. The van der Waals surface area contributed by atoms with E-state index in [0.717, 1.165) is 0 Å². The van der Waals surface area contributed by atoms with Gasteiger partial charge in [-0.2, -0.15) is 0 Å². The minimum absolute atomic E-state index is 0. The summed E-state index contributed by atoms with van der Waals surface area (Å²) in [4.78, 5) is 19.3. The maximum absolute atomic E-state index is 9.71. The van der Waals surface area contributed by atoms with Crippen molar-refractivity contribution in [3.8, 4) is 0 Å². The Labute approximate surface area is 67.7 Å². The molecule has 0 aliphatic carbocycles. The average molecular weight is 195 g/mol. The fraction of sp³-hybridized carbons (Fsp3) is 0.500. The number of nitrogens with two attached hydrogens (primary N) is 1. The van der Waals surface area contributed by atoms with Crippen molar-refractivity contribution >= 4 is 11.9 Å². The molecule has 10 heavy (non-hydrogen) atoms. The van der Waals surface area contributed by atoms with Gasteiger partial charge in [0.1, 0.15) is 0 Å². The summed E-state index contributed by atoms with van der Waals surface area (Å²) in [5.41, 5.74) is 4.73. The van der Waals surface area contributed by atoms with Crippen LogP contribution in [0.3, 0.4) is 0 Å². The molecule has 2 N–H and O–H groups in total. The third kappa shape index (κ3) is 5.55. The first-order chi connectivity index (χ1) is 4.04. The van der Waals surface area contributed by atoms with Crippen LogP contribution >= 0.6 is 0 Å². The average Bonchev–Trinajstić information content (AvgIpc) is 1.63. The van der Waals surface area contributed by atoms with Crippen LogP contribution in [0.25, 0.3) is 0 Å². The van der Waals surface area contributed by atoms with Gasteiger partial charge in [-0.25, -0.2) is 0 Å². The third-order valence-electron chi connectivity index (χ3n) is 0.689. The van der Waals surface area contributed by atoms with Gasteiger partial charge in [0.25, 0.3) is 0 Å². The van der Waals surface area contributed by atoms with Crippen LogP contribution < -0.4 is 15.9 Å². The summed E-state index contributed by atoms with van der Waals surface area (Å²) in [6, 6.07) is -1.46. The number of aliphatic carboxylic acids is 2. The second-order valence-electron chi connectivity index (χ2n) is 1.50. The Morgan fingerprint density at radius 1 is 1.40 bits per heavy atom. The third-order valence-corrected chi connectivity index (χ3v) is 0.689. The SMILES string of the molecule is NC(CC(=O)[O-])C(=O)[O-].[Cu+2]. The molecular formula is C4H5CuNO4. The number of carbonyl (C=O) groups is 2. The zero-order valence-corrected chi connectivity index (χ0v) is 5.74. The van der Waals surface area contributed by atoms with Crippen molar-refractivity contribution < 1.29 is 36.9 Å². The molecule has 0 rings (SSSR count). The summed E-state index contributed by atoms with van der Waals surface area (Å²) in [6.07, 6.45) is -0.706. The van der Waals surface area contributed by atoms with Crippen LogP contribution in [0.1, 0.15) is 6.42 Å². The van der Waals surface area contributed by atoms with Crippen molar-refractivity contribution in [3.63, 3.8) is 0 Å². The zero-order chi connectivity index (χ0) is 7.44. The van der Waals surface area contributed by atoms with E-state index in [4.69, 9.17) is 5.73 Å². The number of hydrogen-bond acceptors (Lipinski definition) is 5. The Morgan fingerprint density at radius 2 is 1.80 bits per heavy atom. The standard InChI is InChI=1S/C4H7NO4.Cu/c5-2(4(8)9)1-3(6)7;/h2H,1,5H2,(H,6,7)(H,8,9);/q;+2/p-2. The van der Waals surface area contributed by atoms with Crippen molar-refractivity contribution in [2.45, 2.75) is 12.5 Å². The van der Waals surface area contributed by atoms with E-state index < -0.39 is 24.4 Å². The Morgan fingerprint density at radius 3 is 1.90 bits per heavy atom. The number of hydrogen-bond donors (Lipinski definition) is 1. The Hall–Kier alpha value is -0.581. The van der Waals surface area contributed by atoms with Crippen LogP contribution in [-0.2, 0) is 26.7 Å². The summed E-state index contributed by atoms with van der Waals surface area (Å²) in [5.74, 6) is -3.08. The van der Waals surface area contributed by atoms with Gasteiger partial charge in [0.2, 0.25) is 0 Å². The van der Waals surface area contributed by atoms with E-state index in [2.05, 4.69) is 0 Å². The zero-order valence-electron chi connectivity index (χ0n) is 4.80. The Kier molecular flexibility index (Phi) is 6.34. The first-order valence-electron chi connectivity index (χ1n) is 2.20. The number of carboxylic acids is 2. The van der Waals surface area contributed by atoms with Crippen LogP contribution in [0, 0.1) is 0 Å². The van der Waals surface area contributed by atoms with Crippen LogP contribution in [-0.4, -0.2) is 18.0 Å². The van der Waals surface area contributed by atoms with Gasteiger partial charge in [0, 0.05) is 18.4 Å². The molecule has 0 spiro atoms. The van der Waals surface area contributed by atoms with E-state index in [0.29, 0.717) is 0 Å². The number of carboxylic acid groups (broad SMARTS) is 2. The van der Waals surface area contributed by atoms with E-state index in [1.165, 1.54) is 0 Å². The molecule has 0 heterocycles. The molecule has 0 saturated carbocycles. The summed E-state index contributed by atoms with van der Waals surface area (Å²) < 4.78 is 0. The molecule has 0 aromatic heterocycles. The summed E-state index contributed by atoms with van der Waals surface area (Å²) in [5, 5.41) is 19.3. The van der Waals surface area contributed by atoms with E-state index >= 15 is 0 Å². The molecule has 6 heteroatoms. The normalized spacial score (nSPS) is 11.3. The minimum atomic E-state index is -1.58. The van der Waals surface area contributed by atoms with Crippen molar-refractivity contribution in [2.75, 3.05) is 0 Å². The molecule has 1 unspecified atom stereocenters. The Balaban J connectivity index is 0. The molecule has 0 aliphatic heterocycles. The molecule has 0 saturated heterocycles. The molecule has 1 radical (unpaired) electrons. The maximum Gasteiger partial charge on any atom is 2.00 e. The van der Waals surface area contributed by atoms with E-state index in [9.17, 15) is 19.8 Å². The molecule has 0 aliphatic rings. The van der Waals surface area contributed by atoms with Crippen molar-refractivity contribution in [1.29, 1.82) is 0 Å². The van der Waals surface area contributed by atoms with Gasteiger partial charge in [0.05, 0.1) is 5.97 Å². The first kappa shape index (κ1) is 12.1. The second kappa shape index (κ2) is 5.22. The van der Waals surface area contributed by atoms with E-state index in [-0.39, 0.29) is 17.1 Å². The van der Waals surface area contributed by atoms with Gasteiger partial charge in [-0.15, -0.1) is 0 Å². The predicted molar refractivity (Wildman–Crippen MR) is 22.6 cm³/mol. The number of rotatable bonds is 3. The summed E-state index contributed by atoms with van der Waals surface area (Å²) in [6.45, 7) is 0. The predicted octanol–water partition coefficient (Wildman–Crippen LogP) is -3.80. The van der Waals surface area contributed by atoms with E-state index in [1.807, 2.05) is 0 Å². The van der Waals surface area contributed by atoms with Crippen LogP contribution in [0.2, 0.25) is 0 Å². The quantitative estimate of drug-likeness (QED) is 0.464. The molecule has 1 atom stereocenters. The van der Waals surface area contributed by atoms with E-state index in [1.54, 1.807) is 0 Å². The summed E-state index contributed by atoms with van der Waals surface area (Å²) in [7, 11) is 0. The molecular weight excluding hydrogens is 190 g/mol. The van der Waals surface area contributed by atoms with Crippen LogP contribution in [0.15, 0.2) is 0 Å². The van der Waals surface area contributed by atoms with Crippen LogP contribution in [0.4, 0.5) is 0 Å². The topological polar surface area (TPSA) is 106 Å². The fourth-order valence-corrected chi connectivity index (χ4v) is 0.263.